The van der Waals surface area contributed by atoms with E-state index in [2.05, 4.69) is 16.7 Å². The molecule has 0 aromatic heterocycles. The van der Waals surface area contributed by atoms with Gasteiger partial charge in [0.1, 0.15) is 23.3 Å². The molecular formula is C23H16N4O3. The number of nitriles is 1. The van der Waals surface area contributed by atoms with Crippen LogP contribution in [0.15, 0.2) is 78.5 Å². The van der Waals surface area contributed by atoms with Crippen LogP contribution < -0.4 is 21.1 Å². The number of hydrogen-bond acceptors (Lipinski definition) is 6. The molecule has 0 radical (unpaired) electrons. The third kappa shape index (κ3) is 3.70. The Morgan fingerprint density at radius 3 is 2.43 bits per heavy atom. The van der Waals surface area contributed by atoms with Gasteiger partial charge in [0.05, 0.1) is 11.1 Å². The molecule has 146 valence electrons. The van der Waals surface area contributed by atoms with E-state index in [-0.39, 0.29) is 11.3 Å². The number of hydrogen-bond donors (Lipinski definition) is 3. The summed E-state index contributed by atoms with van der Waals surface area (Å²) in [5.74, 6) is -0.0183. The van der Waals surface area contributed by atoms with Crippen LogP contribution in [0.25, 0.3) is 5.57 Å². The Bertz CT molecular complexity index is 1220. The lowest BCUT2D eigenvalue weighted by Crippen LogP contribution is -2.24. The second kappa shape index (κ2) is 7.81. The van der Waals surface area contributed by atoms with Crippen molar-refractivity contribution in [3.05, 3.63) is 89.6 Å². The predicted molar refractivity (Wildman–Crippen MR) is 112 cm³/mol. The third-order valence-electron chi connectivity index (χ3n) is 4.47. The molecule has 0 saturated heterocycles. The van der Waals surface area contributed by atoms with Gasteiger partial charge in [-0.2, -0.15) is 5.26 Å². The topological polar surface area (TPSA) is 117 Å². The average molecular weight is 396 g/mol. The second-order valence-electron chi connectivity index (χ2n) is 6.52. The number of anilines is 2. The quantitative estimate of drug-likeness (QED) is 0.449. The maximum atomic E-state index is 12.3. The van der Waals surface area contributed by atoms with E-state index >= 15 is 0 Å². The maximum Gasteiger partial charge on any atom is 0.275 e. The zero-order valence-corrected chi connectivity index (χ0v) is 15.7. The van der Waals surface area contributed by atoms with Crippen LogP contribution in [0.3, 0.4) is 0 Å². The van der Waals surface area contributed by atoms with Crippen LogP contribution in [0, 0.1) is 11.3 Å². The van der Waals surface area contributed by atoms with Gasteiger partial charge in [-0.05, 0) is 54.1 Å². The van der Waals surface area contributed by atoms with Gasteiger partial charge >= 0.3 is 0 Å². The summed E-state index contributed by atoms with van der Waals surface area (Å²) in [5, 5.41) is 14.5. The van der Waals surface area contributed by atoms with E-state index in [1.807, 2.05) is 0 Å². The number of carbonyl (C=O) groups excluding carboxylic acids is 2. The number of rotatable bonds is 5. The second-order valence-corrected chi connectivity index (χ2v) is 6.52. The molecular weight excluding hydrogens is 380 g/mol. The first kappa shape index (κ1) is 18.8. The molecule has 0 aliphatic carbocycles. The van der Waals surface area contributed by atoms with Crippen LogP contribution in [0.2, 0.25) is 0 Å². The first-order valence-corrected chi connectivity index (χ1v) is 9.05. The largest absolute Gasteiger partial charge is 0.456 e. The van der Waals surface area contributed by atoms with E-state index in [9.17, 15) is 9.59 Å². The van der Waals surface area contributed by atoms with Crippen LogP contribution in [0.1, 0.15) is 11.1 Å². The summed E-state index contributed by atoms with van der Waals surface area (Å²) in [6, 6.07) is 22.6. The zero-order valence-electron chi connectivity index (χ0n) is 15.7. The molecule has 1 heterocycles. The smallest absolute Gasteiger partial charge is 0.275 e. The minimum atomic E-state index is -0.513. The van der Waals surface area contributed by atoms with Crippen LogP contribution in [0.4, 0.5) is 11.4 Å². The minimum absolute atomic E-state index is 0.147. The average Bonchev–Trinajstić information content (AvgIpc) is 3.02. The summed E-state index contributed by atoms with van der Waals surface area (Å²) in [7, 11) is 0. The fraction of sp³-hybridized carbons (Fsp3) is 0. The summed E-state index contributed by atoms with van der Waals surface area (Å²) in [6.07, 6.45) is 0. The number of benzene rings is 3. The fourth-order valence-electron chi connectivity index (χ4n) is 3.07. The molecule has 0 bridgehead atoms. The van der Waals surface area contributed by atoms with Gasteiger partial charge in [-0.3, -0.25) is 14.9 Å². The van der Waals surface area contributed by atoms with Crippen molar-refractivity contribution < 1.29 is 14.3 Å². The Kier molecular flexibility index (Phi) is 4.89. The molecule has 2 amide bonds. The van der Waals surface area contributed by atoms with Crippen molar-refractivity contribution in [2.45, 2.75) is 0 Å². The molecule has 0 fully saturated rings. The van der Waals surface area contributed by atoms with Crippen molar-refractivity contribution >= 4 is 28.8 Å². The van der Waals surface area contributed by atoms with Gasteiger partial charge in [0, 0.05) is 11.4 Å². The molecule has 1 aliphatic rings. The van der Waals surface area contributed by atoms with Crippen molar-refractivity contribution in [3.63, 3.8) is 0 Å². The maximum absolute atomic E-state index is 12.3. The Balaban J connectivity index is 1.59. The van der Waals surface area contributed by atoms with E-state index in [1.165, 1.54) is 0 Å². The lowest BCUT2D eigenvalue weighted by molar-refractivity contribution is -0.123. The standard InChI is InChI=1S/C23H16N4O3/c24-13-15-4-1-2-7-19(15)30-18-10-8-17(9-11-18)26-21-20(22(28)27-23(21)29)14-5-3-6-16(25)12-14/h1-12H,25H2,(H2,26,27,28,29). The van der Waals surface area contributed by atoms with E-state index in [0.29, 0.717) is 34.0 Å². The lowest BCUT2D eigenvalue weighted by Gasteiger charge is -2.10. The van der Waals surface area contributed by atoms with E-state index in [1.54, 1.807) is 72.8 Å². The number of nitrogen functional groups attached to an aromatic ring is 1. The molecule has 7 nitrogen and oxygen atoms in total. The highest BCUT2D eigenvalue weighted by atomic mass is 16.5. The molecule has 0 unspecified atom stereocenters. The highest BCUT2D eigenvalue weighted by Crippen LogP contribution is 2.29. The van der Waals surface area contributed by atoms with E-state index in [0.717, 1.165) is 0 Å². The van der Waals surface area contributed by atoms with Gasteiger partial charge in [-0.25, -0.2) is 0 Å². The lowest BCUT2D eigenvalue weighted by atomic mass is 10.0. The van der Waals surface area contributed by atoms with Gasteiger partial charge in [-0.1, -0.05) is 24.3 Å². The van der Waals surface area contributed by atoms with Crippen molar-refractivity contribution in [1.29, 1.82) is 5.26 Å². The first-order valence-electron chi connectivity index (χ1n) is 9.05. The van der Waals surface area contributed by atoms with Crippen molar-refractivity contribution in [2.75, 3.05) is 11.1 Å². The van der Waals surface area contributed by atoms with Gasteiger partial charge in [0.15, 0.2) is 0 Å². The van der Waals surface area contributed by atoms with Gasteiger partial charge in [0.2, 0.25) is 0 Å². The van der Waals surface area contributed by atoms with Gasteiger partial charge < -0.3 is 15.8 Å². The summed E-state index contributed by atoms with van der Waals surface area (Å²) < 4.78 is 5.76. The summed E-state index contributed by atoms with van der Waals surface area (Å²) in [5.41, 5.74) is 8.25. The van der Waals surface area contributed by atoms with E-state index in [4.69, 9.17) is 15.7 Å². The molecule has 4 rings (SSSR count). The number of nitrogens with zero attached hydrogens (tertiary/aromatic N) is 1. The Labute approximate surface area is 172 Å². The summed E-state index contributed by atoms with van der Waals surface area (Å²) in [6.45, 7) is 0. The monoisotopic (exact) mass is 396 g/mol. The fourth-order valence-corrected chi connectivity index (χ4v) is 3.07. The molecule has 3 aromatic rings. The van der Waals surface area contributed by atoms with Crippen molar-refractivity contribution in [3.8, 4) is 17.6 Å². The predicted octanol–water partition coefficient (Wildman–Crippen LogP) is 3.41. The summed E-state index contributed by atoms with van der Waals surface area (Å²) >= 11 is 0. The van der Waals surface area contributed by atoms with Crippen LogP contribution in [-0.2, 0) is 9.59 Å². The Morgan fingerprint density at radius 2 is 1.70 bits per heavy atom. The van der Waals surface area contributed by atoms with Crippen molar-refractivity contribution in [1.82, 2.24) is 5.32 Å². The third-order valence-corrected chi connectivity index (χ3v) is 4.47. The first-order chi connectivity index (χ1) is 14.5. The molecule has 7 heteroatoms. The molecule has 4 N–H and O–H groups in total. The van der Waals surface area contributed by atoms with Crippen LogP contribution in [0.5, 0.6) is 11.5 Å². The van der Waals surface area contributed by atoms with E-state index < -0.39 is 11.8 Å². The molecule has 3 aromatic carbocycles. The van der Waals surface area contributed by atoms with Crippen LogP contribution >= 0.6 is 0 Å². The van der Waals surface area contributed by atoms with Gasteiger partial charge in [0.25, 0.3) is 11.8 Å². The Morgan fingerprint density at radius 1 is 0.933 bits per heavy atom. The normalized spacial score (nSPS) is 13.0. The molecule has 0 saturated carbocycles. The van der Waals surface area contributed by atoms with Crippen LogP contribution in [-0.4, -0.2) is 11.8 Å². The molecule has 0 spiro atoms. The number of amides is 2. The number of ether oxygens (including phenoxy) is 1. The number of nitrogens with two attached hydrogens (primary N) is 1. The summed E-state index contributed by atoms with van der Waals surface area (Å²) in [4.78, 5) is 24.6. The highest BCUT2D eigenvalue weighted by Gasteiger charge is 2.31. The molecule has 1 aliphatic heterocycles. The SMILES string of the molecule is N#Cc1ccccc1Oc1ccc(NC2=C(c3cccc(N)c3)C(=O)NC2=O)cc1. The minimum Gasteiger partial charge on any atom is -0.456 e. The van der Waals surface area contributed by atoms with Gasteiger partial charge in [-0.15, -0.1) is 0 Å². The molecule has 30 heavy (non-hydrogen) atoms. The number of nitrogens with one attached hydrogen (secondary N) is 2. The number of para-hydroxylation sites is 1. The molecule has 0 atom stereocenters. The Hall–Kier alpha value is -4.57. The highest BCUT2D eigenvalue weighted by molar-refractivity contribution is 6.36. The number of imide groups is 1. The van der Waals surface area contributed by atoms with Crippen molar-refractivity contribution in [2.24, 2.45) is 0 Å². The zero-order chi connectivity index (χ0) is 21.1. The number of carbonyl (C=O) groups is 2.